The summed E-state index contributed by atoms with van der Waals surface area (Å²) >= 11 is 0. The SMILES string of the molecule is CCCc1c(C=Cc2cccc(OC)c2)nc2ccc(C(=O)O)cn2c1=O. The zero-order valence-electron chi connectivity index (χ0n) is 15.2. The molecule has 0 spiro atoms. The lowest BCUT2D eigenvalue weighted by atomic mass is 10.1. The summed E-state index contributed by atoms with van der Waals surface area (Å²) in [7, 11) is 1.61. The second-order valence-electron chi connectivity index (χ2n) is 6.09. The van der Waals surface area contributed by atoms with Gasteiger partial charge in [-0.3, -0.25) is 9.20 Å². The van der Waals surface area contributed by atoms with Crippen LogP contribution in [0.5, 0.6) is 5.75 Å². The Labute approximate surface area is 156 Å². The second-order valence-corrected chi connectivity index (χ2v) is 6.09. The van der Waals surface area contributed by atoms with Gasteiger partial charge in [-0.15, -0.1) is 0 Å². The van der Waals surface area contributed by atoms with Crippen molar-refractivity contribution in [1.82, 2.24) is 9.38 Å². The minimum absolute atomic E-state index is 0.0496. The first-order valence-corrected chi connectivity index (χ1v) is 8.64. The van der Waals surface area contributed by atoms with Crippen molar-refractivity contribution in [1.29, 1.82) is 0 Å². The van der Waals surface area contributed by atoms with Crippen LogP contribution in [0.15, 0.2) is 47.4 Å². The van der Waals surface area contributed by atoms with E-state index < -0.39 is 5.97 Å². The molecule has 2 heterocycles. The maximum Gasteiger partial charge on any atom is 0.337 e. The van der Waals surface area contributed by atoms with E-state index in [2.05, 4.69) is 4.98 Å². The van der Waals surface area contributed by atoms with Crippen molar-refractivity contribution in [2.24, 2.45) is 0 Å². The number of carbonyl (C=O) groups is 1. The third kappa shape index (κ3) is 3.89. The summed E-state index contributed by atoms with van der Waals surface area (Å²) in [5.74, 6) is -0.332. The predicted octanol–water partition coefficient (Wildman–Crippen LogP) is 3.52. The summed E-state index contributed by atoms with van der Waals surface area (Å²) in [6.45, 7) is 1.98. The van der Waals surface area contributed by atoms with Crippen molar-refractivity contribution in [3.8, 4) is 5.75 Å². The molecule has 6 nitrogen and oxygen atoms in total. The molecule has 0 aliphatic carbocycles. The van der Waals surface area contributed by atoms with Crippen LogP contribution in [-0.2, 0) is 6.42 Å². The van der Waals surface area contributed by atoms with Gasteiger partial charge in [0.05, 0.1) is 18.4 Å². The maximum absolute atomic E-state index is 12.9. The third-order valence-corrected chi connectivity index (χ3v) is 4.22. The Kier molecular flexibility index (Phi) is 5.35. The molecule has 0 bridgehead atoms. The number of aromatic carboxylic acids is 1. The number of fused-ring (bicyclic) bond motifs is 1. The zero-order valence-corrected chi connectivity index (χ0v) is 15.2. The van der Waals surface area contributed by atoms with Crippen molar-refractivity contribution in [2.75, 3.05) is 7.11 Å². The Morgan fingerprint density at radius 2 is 2.07 bits per heavy atom. The van der Waals surface area contributed by atoms with Crippen LogP contribution in [-0.4, -0.2) is 27.6 Å². The smallest absolute Gasteiger partial charge is 0.337 e. The topological polar surface area (TPSA) is 80.9 Å². The maximum atomic E-state index is 12.9. The van der Waals surface area contributed by atoms with E-state index in [1.165, 1.54) is 16.7 Å². The van der Waals surface area contributed by atoms with E-state index >= 15 is 0 Å². The molecule has 27 heavy (non-hydrogen) atoms. The van der Waals surface area contributed by atoms with Crippen LogP contribution in [0.4, 0.5) is 0 Å². The van der Waals surface area contributed by atoms with Crippen LogP contribution in [0.1, 0.15) is 40.5 Å². The first-order chi connectivity index (χ1) is 13.0. The minimum atomic E-state index is -1.08. The summed E-state index contributed by atoms with van der Waals surface area (Å²) in [4.78, 5) is 28.7. The monoisotopic (exact) mass is 364 g/mol. The Bertz CT molecular complexity index is 1080. The highest BCUT2D eigenvalue weighted by molar-refractivity contribution is 5.87. The standard InChI is InChI=1S/C21H20N2O4/c1-3-5-17-18(10-8-14-6-4-7-16(12-14)27-2)22-19-11-9-15(21(25)26)13-23(19)20(17)24/h4,6-13H,3,5H2,1-2H3,(H,25,26). The minimum Gasteiger partial charge on any atom is -0.497 e. The van der Waals surface area contributed by atoms with E-state index in [9.17, 15) is 9.59 Å². The second kappa shape index (κ2) is 7.86. The van der Waals surface area contributed by atoms with Crippen molar-refractivity contribution in [2.45, 2.75) is 19.8 Å². The molecule has 2 aromatic heterocycles. The number of carboxylic acids is 1. The molecule has 0 amide bonds. The lowest BCUT2D eigenvalue weighted by Crippen LogP contribution is -2.22. The molecule has 6 heteroatoms. The summed E-state index contributed by atoms with van der Waals surface area (Å²) in [6.07, 6.45) is 6.35. The first-order valence-electron chi connectivity index (χ1n) is 8.64. The Balaban J connectivity index is 2.12. The molecule has 0 aliphatic heterocycles. The normalized spacial score (nSPS) is 11.2. The molecular weight excluding hydrogens is 344 g/mol. The molecule has 0 saturated heterocycles. The number of ether oxygens (including phenoxy) is 1. The summed E-state index contributed by atoms with van der Waals surface area (Å²) < 4.78 is 6.53. The first kappa shape index (κ1) is 18.4. The molecule has 3 rings (SSSR count). The molecule has 0 atom stereocenters. The van der Waals surface area contributed by atoms with Gasteiger partial charge in [0.25, 0.3) is 5.56 Å². The summed E-state index contributed by atoms with van der Waals surface area (Å²) in [6, 6.07) is 10.6. The van der Waals surface area contributed by atoms with Crippen LogP contribution in [0.2, 0.25) is 0 Å². The van der Waals surface area contributed by atoms with Gasteiger partial charge >= 0.3 is 5.97 Å². The van der Waals surface area contributed by atoms with Crippen LogP contribution in [0, 0.1) is 0 Å². The van der Waals surface area contributed by atoms with Crippen molar-refractivity contribution in [3.05, 3.63) is 75.3 Å². The van der Waals surface area contributed by atoms with Crippen LogP contribution in [0.3, 0.4) is 0 Å². The van der Waals surface area contributed by atoms with E-state index in [0.29, 0.717) is 23.3 Å². The van der Waals surface area contributed by atoms with Gasteiger partial charge in [-0.1, -0.05) is 31.6 Å². The predicted molar refractivity (Wildman–Crippen MR) is 104 cm³/mol. The van der Waals surface area contributed by atoms with Crippen LogP contribution in [0.25, 0.3) is 17.8 Å². The average molecular weight is 364 g/mol. The number of pyridine rings is 1. The van der Waals surface area contributed by atoms with E-state index in [-0.39, 0.29) is 11.1 Å². The summed E-state index contributed by atoms with van der Waals surface area (Å²) in [5, 5.41) is 9.16. The molecule has 0 radical (unpaired) electrons. The quantitative estimate of drug-likeness (QED) is 0.724. The fourth-order valence-corrected chi connectivity index (χ4v) is 2.86. The molecule has 0 saturated carbocycles. The van der Waals surface area contributed by atoms with E-state index in [1.807, 2.05) is 43.3 Å². The highest BCUT2D eigenvalue weighted by Gasteiger charge is 2.12. The molecular formula is C21H20N2O4. The van der Waals surface area contributed by atoms with E-state index in [4.69, 9.17) is 9.84 Å². The number of carboxylic acid groups (broad SMARTS) is 1. The highest BCUT2D eigenvalue weighted by Crippen LogP contribution is 2.16. The van der Waals surface area contributed by atoms with E-state index in [1.54, 1.807) is 13.2 Å². The zero-order chi connectivity index (χ0) is 19.4. The van der Waals surface area contributed by atoms with Gasteiger partial charge in [-0.05, 0) is 42.3 Å². The van der Waals surface area contributed by atoms with Gasteiger partial charge in [0, 0.05) is 11.8 Å². The fourth-order valence-electron chi connectivity index (χ4n) is 2.86. The van der Waals surface area contributed by atoms with E-state index in [0.717, 1.165) is 17.7 Å². The van der Waals surface area contributed by atoms with Crippen molar-refractivity contribution >= 4 is 23.8 Å². The number of methoxy groups -OCH3 is 1. The highest BCUT2D eigenvalue weighted by atomic mass is 16.5. The lowest BCUT2D eigenvalue weighted by molar-refractivity contribution is 0.0696. The van der Waals surface area contributed by atoms with Crippen molar-refractivity contribution in [3.63, 3.8) is 0 Å². The Morgan fingerprint density at radius 3 is 2.78 bits per heavy atom. The lowest BCUT2D eigenvalue weighted by Gasteiger charge is -2.08. The van der Waals surface area contributed by atoms with Crippen molar-refractivity contribution < 1.29 is 14.6 Å². The van der Waals surface area contributed by atoms with Crippen LogP contribution >= 0.6 is 0 Å². The number of hydrogen-bond acceptors (Lipinski definition) is 4. The van der Waals surface area contributed by atoms with Gasteiger partial charge in [-0.25, -0.2) is 9.78 Å². The van der Waals surface area contributed by atoms with Gasteiger partial charge < -0.3 is 9.84 Å². The summed E-state index contributed by atoms with van der Waals surface area (Å²) in [5.41, 5.74) is 2.31. The van der Waals surface area contributed by atoms with Gasteiger partial charge in [0.15, 0.2) is 0 Å². The number of aromatic nitrogens is 2. The third-order valence-electron chi connectivity index (χ3n) is 4.22. The number of rotatable bonds is 6. The molecule has 3 aromatic rings. The number of nitrogens with zero attached hydrogens (tertiary/aromatic N) is 2. The Morgan fingerprint density at radius 1 is 1.26 bits per heavy atom. The fraction of sp³-hybridized carbons (Fsp3) is 0.190. The molecule has 0 fully saturated rings. The van der Waals surface area contributed by atoms with Crippen LogP contribution < -0.4 is 10.3 Å². The largest absolute Gasteiger partial charge is 0.497 e. The van der Waals surface area contributed by atoms with Gasteiger partial charge in [0.2, 0.25) is 0 Å². The molecule has 1 N–H and O–H groups in total. The molecule has 1 aromatic carbocycles. The molecule has 0 aliphatic rings. The number of benzene rings is 1. The number of hydrogen-bond donors (Lipinski definition) is 1. The van der Waals surface area contributed by atoms with Gasteiger partial charge in [-0.2, -0.15) is 0 Å². The van der Waals surface area contributed by atoms with Gasteiger partial charge in [0.1, 0.15) is 11.4 Å². The average Bonchev–Trinajstić information content (AvgIpc) is 2.68. The molecule has 0 unspecified atom stereocenters. The molecule has 138 valence electrons. The Hall–Kier alpha value is -3.41.